The van der Waals surface area contributed by atoms with Crippen LogP contribution in [-0.2, 0) is 6.54 Å². The minimum atomic E-state index is -0.598. The van der Waals surface area contributed by atoms with Gasteiger partial charge in [0.15, 0.2) is 5.43 Å². The molecule has 0 bridgehead atoms. The van der Waals surface area contributed by atoms with Gasteiger partial charge in [0.2, 0.25) is 5.76 Å². The highest BCUT2D eigenvalue weighted by Gasteiger charge is 2.43. The van der Waals surface area contributed by atoms with E-state index < -0.39 is 6.04 Å². The van der Waals surface area contributed by atoms with Crippen LogP contribution >= 0.6 is 0 Å². The van der Waals surface area contributed by atoms with Crippen molar-refractivity contribution in [3.8, 4) is 5.75 Å². The average Bonchev–Trinajstić information content (AvgIpc) is 3.37. The molecule has 6 heteroatoms. The number of nitrogens with zero attached hydrogens (tertiary/aromatic N) is 1. The summed E-state index contributed by atoms with van der Waals surface area (Å²) in [7, 11) is 0. The molecule has 0 unspecified atom stereocenters. The van der Waals surface area contributed by atoms with Gasteiger partial charge in [-0.2, -0.15) is 0 Å². The van der Waals surface area contributed by atoms with Crippen molar-refractivity contribution >= 4 is 16.9 Å². The summed E-state index contributed by atoms with van der Waals surface area (Å²) in [6.45, 7) is 2.65. The number of furan rings is 1. The van der Waals surface area contributed by atoms with Gasteiger partial charge in [0, 0.05) is 0 Å². The van der Waals surface area contributed by atoms with E-state index in [4.69, 9.17) is 13.6 Å². The van der Waals surface area contributed by atoms with Gasteiger partial charge in [-0.1, -0.05) is 24.3 Å². The monoisotopic (exact) mass is 401 g/mol. The van der Waals surface area contributed by atoms with E-state index in [0.29, 0.717) is 34.6 Å². The molecule has 1 aliphatic heterocycles. The SMILES string of the molecule is CCOc1cccc([C@H]2c3c(oc4ccccc4c3=O)C(=O)N2Cc2ccco2)c1. The average molecular weight is 401 g/mol. The van der Waals surface area contributed by atoms with E-state index in [2.05, 4.69) is 0 Å². The maximum atomic E-state index is 13.4. The number of rotatable bonds is 5. The van der Waals surface area contributed by atoms with E-state index in [0.717, 1.165) is 5.56 Å². The zero-order chi connectivity index (χ0) is 20.7. The lowest BCUT2D eigenvalue weighted by atomic mass is 9.98. The highest BCUT2D eigenvalue weighted by molar-refractivity contribution is 5.99. The van der Waals surface area contributed by atoms with Gasteiger partial charge in [-0.3, -0.25) is 9.59 Å². The minimum absolute atomic E-state index is 0.0806. The van der Waals surface area contributed by atoms with E-state index >= 15 is 0 Å². The van der Waals surface area contributed by atoms with Crippen LogP contribution in [0.2, 0.25) is 0 Å². The molecule has 0 N–H and O–H groups in total. The first-order valence-corrected chi connectivity index (χ1v) is 9.79. The summed E-state index contributed by atoms with van der Waals surface area (Å²) in [6.07, 6.45) is 1.56. The van der Waals surface area contributed by atoms with Crippen molar-refractivity contribution in [3.63, 3.8) is 0 Å². The lowest BCUT2D eigenvalue weighted by molar-refractivity contribution is 0.0701. The van der Waals surface area contributed by atoms with Crippen LogP contribution in [0.4, 0.5) is 0 Å². The van der Waals surface area contributed by atoms with Crippen LogP contribution in [0.1, 0.15) is 40.4 Å². The van der Waals surface area contributed by atoms with Gasteiger partial charge in [0.05, 0.1) is 36.4 Å². The van der Waals surface area contributed by atoms with Crippen LogP contribution in [-0.4, -0.2) is 17.4 Å². The zero-order valence-electron chi connectivity index (χ0n) is 16.3. The van der Waals surface area contributed by atoms with Crippen LogP contribution < -0.4 is 10.2 Å². The van der Waals surface area contributed by atoms with Crippen molar-refractivity contribution in [1.29, 1.82) is 0 Å². The number of benzene rings is 2. The Kier molecular flexibility index (Phi) is 4.39. The lowest BCUT2D eigenvalue weighted by Crippen LogP contribution is -2.29. The summed E-state index contributed by atoms with van der Waals surface area (Å²) in [6, 6.07) is 17.4. The molecular formula is C24H19NO5. The predicted molar refractivity (Wildman–Crippen MR) is 111 cm³/mol. The van der Waals surface area contributed by atoms with Crippen molar-refractivity contribution in [2.45, 2.75) is 19.5 Å². The maximum absolute atomic E-state index is 13.4. The Labute approximate surface area is 172 Å². The standard InChI is InChI=1S/C24H19NO5/c1-2-28-16-8-5-7-15(13-16)21-20-22(26)18-10-3-4-11-19(18)30-23(20)24(27)25(21)14-17-9-6-12-29-17/h3-13,21H,2,14H2,1H3/t21-/m0/s1. The fourth-order valence-electron chi connectivity index (χ4n) is 3.99. The first kappa shape index (κ1) is 18.2. The molecule has 1 atom stereocenters. The topological polar surface area (TPSA) is 72.9 Å². The molecule has 0 saturated carbocycles. The van der Waals surface area contributed by atoms with Crippen LogP contribution in [0, 0.1) is 0 Å². The van der Waals surface area contributed by atoms with Crippen LogP contribution in [0.25, 0.3) is 11.0 Å². The van der Waals surface area contributed by atoms with Crippen molar-refractivity contribution in [1.82, 2.24) is 4.90 Å². The van der Waals surface area contributed by atoms with Crippen molar-refractivity contribution in [2.75, 3.05) is 6.61 Å². The van der Waals surface area contributed by atoms with E-state index in [-0.39, 0.29) is 23.6 Å². The third kappa shape index (κ3) is 2.88. The highest BCUT2D eigenvalue weighted by atomic mass is 16.5. The Morgan fingerprint density at radius 3 is 2.70 bits per heavy atom. The highest BCUT2D eigenvalue weighted by Crippen LogP contribution is 2.39. The molecule has 0 saturated heterocycles. The summed E-state index contributed by atoms with van der Waals surface area (Å²) in [4.78, 5) is 28.4. The number of fused-ring (bicyclic) bond motifs is 2. The van der Waals surface area contributed by atoms with Crippen molar-refractivity contribution in [2.24, 2.45) is 0 Å². The molecule has 0 fully saturated rings. The Bertz CT molecular complexity index is 1290. The molecule has 5 rings (SSSR count). The quantitative estimate of drug-likeness (QED) is 0.491. The van der Waals surface area contributed by atoms with Crippen LogP contribution in [0.3, 0.4) is 0 Å². The fraction of sp³-hybridized carbons (Fsp3) is 0.167. The van der Waals surface area contributed by atoms with Gasteiger partial charge >= 0.3 is 0 Å². The Morgan fingerprint density at radius 1 is 1.03 bits per heavy atom. The van der Waals surface area contributed by atoms with E-state index in [1.54, 1.807) is 47.6 Å². The molecule has 4 aromatic rings. The number of hydrogen-bond acceptors (Lipinski definition) is 5. The Morgan fingerprint density at radius 2 is 1.90 bits per heavy atom. The Balaban J connectivity index is 1.72. The van der Waals surface area contributed by atoms with Gasteiger partial charge < -0.3 is 18.5 Å². The molecule has 0 radical (unpaired) electrons. The molecule has 1 amide bonds. The first-order valence-electron chi connectivity index (χ1n) is 9.79. The van der Waals surface area contributed by atoms with E-state index in [9.17, 15) is 9.59 Å². The van der Waals surface area contributed by atoms with Gasteiger partial charge in [-0.05, 0) is 48.9 Å². The third-order valence-corrected chi connectivity index (χ3v) is 5.26. The number of carbonyl (C=O) groups excluding carboxylic acids is 1. The molecule has 150 valence electrons. The molecule has 30 heavy (non-hydrogen) atoms. The summed E-state index contributed by atoms with van der Waals surface area (Å²) in [5, 5.41) is 0.454. The summed E-state index contributed by atoms with van der Waals surface area (Å²) < 4.78 is 17.0. The number of para-hydroxylation sites is 1. The summed E-state index contributed by atoms with van der Waals surface area (Å²) in [5.74, 6) is 1.05. The maximum Gasteiger partial charge on any atom is 0.291 e. The number of ether oxygens (including phenoxy) is 1. The third-order valence-electron chi connectivity index (χ3n) is 5.26. The van der Waals surface area contributed by atoms with Gasteiger partial charge in [-0.25, -0.2) is 0 Å². The smallest absolute Gasteiger partial charge is 0.291 e. The molecule has 1 aliphatic rings. The normalized spacial score (nSPS) is 15.6. The zero-order valence-corrected chi connectivity index (χ0v) is 16.3. The number of amides is 1. The van der Waals surface area contributed by atoms with E-state index in [1.165, 1.54) is 0 Å². The van der Waals surface area contributed by atoms with Gasteiger partial charge in [0.1, 0.15) is 17.1 Å². The molecule has 0 aliphatic carbocycles. The van der Waals surface area contributed by atoms with Crippen molar-refractivity contribution in [3.05, 3.63) is 99.8 Å². The number of hydrogen-bond donors (Lipinski definition) is 0. The minimum Gasteiger partial charge on any atom is -0.494 e. The lowest BCUT2D eigenvalue weighted by Gasteiger charge is -2.24. The largest absolute Gasteiger partial charge is 0.494 e. The van der Waals surface area contributed by atoms with Gasteiger partial charge in [0.25, 0.3) is 5.91 Å². The number of carbonyl (C=O) groups is 1. The second-order valence-electron chi connectivity index (χ2n) is 7.09. The van der Waals surface area contributed by atoms with Crippen LogP contribution in [0.15, 0.2) is 80.6 Å². The molecule has 0 spiro atoms. The van der Waals surface area contributed by atoms with Crippen molar-refractivity contribution < 1.29 is 18.4 Å². The Hall–Kier alpha value is -3.80. The van der Waals surface area contributed by atoms with Crippen LogP contribution in [0.5, 0.6) is 5.75 Å². The fourth-order valence-corrected chi connectivity index (χ4v) is 3.99. The van der Waals surface area contributed by atoms with Gasteiger partial charge in [-0.15, -0.1) is 0 Å². The molecular weight excluding hydrogens is 382 g/mol. The second-order valence-corrected chi connectivity index (χ2v) is 7.09. The second kappa shape index (κ2) is 7.22. The first-order chi connectivity index (χ1) is 14.7. The molecule has 3 heterocycles. The predicted octanol–water partition coefficient (Wildman–Crippen LogP) is 4.53. The summed E-state index contributed by atoms with van der Waals surface area (Å²) >= 11 is 0. The van der Waals surface area contributed by atoms with E-state index in [1.807, 2.05) is 31.2 Å². The molecule has 2 aromatic heterocycles. The molecule has 6 nitrogen and oxygen atoms in total. The summed E-state index contributed by atoms with van der Waals surface area (Å²) in [5.41, 5.74) is 1.33. The molecule has 2 aromatic carbocycles.